The molecule has 0 aliphatic carbocycles. The average molecular weight is 456 g/mol. The van der Waals surface area contributed by atoms with Crippen LogP contribution in [0.25, 0.3) is 11.3 Å². The number of carbonyl (C=O) groups excluding carboxylic acids is 2. The molecule has 33 heavy (non-hydrogen) atoms. The van der Waals surface area contributed by atoms with Crippen LogP contribution >= 0.6 is 0 Å². The molecule has 10 heteroatoms. The zero-order valence-electron chi connectivity index (χ0n) is 18.2. The molecule has 0 spiro atoms. The van der Waals surface area contributed by atoms with Crippen LogP contribution in [0, 0.1) is 0 Å². The van der Waals surface area contributed by atoms with Gasteiger partial charge < -0.3 is 19.7 Å². The average Bonchev–Trinajstić information content (AvgIpc) is 2.82. The molecule has 2 aromatic carbocycles. The van der Waals surface area contributed by atoms with Gasteiger partial charge in [-0.25, -0.2) is 9.97 Å². The van der Waals surface area contributed by atoms with Crippen molar-refractivity contribution in [3.05, 3.63) is 66.5 Å². The topological polar surface area (TPSA) is 93.6 Å². The molecule has 3 aromatic rings. The van der Waals surface area contributed by atoms with E-state index in [0.29, 0.717) is 17.0 Å². The Bertz CT molecular complexity index is 1120. The minimum absolute atomic E-state index is 0.0670. The van der Waals surface area contributed by atoms with E-state index in [1.54, 1.807) is 45.5 Å². The smallest absolute Gasteiger partial charge is 0.350 e. The summed E-state index contributed by atoms with van der Waals surface area (Å²) in [7, 11) is 4.69. The monoisotopic (exact) mass is 456 g/mol. The molecule has 0 saturated carbocycles. The summed E-state index contributed by atoms with van der Waals surface area (Å²) in [5.41, 5.74) is 0.611. The fourth-order valence-electron chi connectivity index (χ4n) is 2.71. The van der Waals surface area contributed by atoms with Crippen LogP contribution in [0.4, 0.5) is 14.6 Å². The van der Waals surface area contributed by atoms with E-state index in [9.17, 15) is 18.4 Å². The van der Waals surface area contributed by atoms with Crippen molar-refractivity contribution in [3.8, 4) is 22.8 Å². The largest absolute Gasteiger partial charge is 0.497 e. The SMILES string of the molecule is COc1ccc(-c2cc(NC(=O)C(F)(F)c3ccc(OCC(=O)N(C)C)cc3)ncn2)cc1. The Labute approximate surface area is 189 Å². The van der Waals surface area contributed by atoms with Gasteiger partial charge in [-0.15, -0.1) is 0 Å². The minimum atomic E-state index is -3.83. The number of nitrogens with zero attached hydrogens (tertiary/aromatic N) is 3. The zero-order valence-corrected chi connectivity index (χ0v) is 18.2. The summed E-state index contributed by atoms with van der Waals surface area (Å²) in [5.74, 6) is -4.83. The van der Waals surface area contributed by atoms with E-state index in [0.717, 1.165) is 12.1 Å². The number of halogens is 2. The van der Waals surface area contributed by atoms with Crippen LogP contribution in [0.5, 0.6) is 11.5 Å². The van der Waals surface area contributed by atoms with Crippen LogP contribution in [0.1, 0.15) is 5.56 Å². The van der Waals surface area contributed by atoms with Gasteiger partial charge in [0.25, 0.3) is 5.91 Å². The highest BCUT2D eigenvalue weighted by molar-refractivity contribution is 5.96. The normalized spacial score (nSPS) is 10.9. The van der Waals surface area contributed by atoms with E-state index in [-0.39, 0.29) is 24.1 Å². The predicted molar refractivity (Wildman–Crippen MR) is 117 cm³/mol. The van der Waals surface area contributed by atoms with Crippen LogP contribution < -0.4 is 14.8 Å². The van der Waals surface area contributed by atoms with Crippen LogP contribution in [-0.2, 0) is 15.5 Å². The van der Waals surface area contributed by atoms with E-state index >= 15 is 0 Å². The summed E-state index contributed by atoms with van der Waals surface area (Å²) in [6.45, 7) is -0.229. The lowest BCUT2D eigenvalue weighted by Gasteiger charge is -2.17. The maximum Gasteiger partial charge on any atom is 0.350 e. The lowest BCUT2D eigenvalue weighted by molar-refractivity contribution is -0.141. The lowest BCUT2D eigenvalue weighted by atomic mass is 10.1. The Morgan fingerprint density at radius 2 is 1.64 bits per heavy atom. The number of anilines is 1. The second-order valence-electron chi connectivity index (χ2n) is 7.15. The molecule has 0 unspecified atom stereocenters. The van der Waals surface area contributed by atoms with E-state index < -0.39 is 17.4 Å². The first-order chi connectivity index (χ1) is 15.7. The third kappa shape index (κ3) is 5.79. The molecule has 0 saturated heterocycles. The van der Waals surface area contributed by atoms with Gasteiger partial charge in [-0.2, -0.15) is 8.78 Å². The molecule has 2 amide bonds. The molecule has 0 bridgehead atoms. The quantitative estimate of drug-likeness (QED) is 0.559. The first-order valence-electron chi connectivity index (χ1n) is 9.80. The Balaban J connectivity index is 1.69. The zero-order chi connectivity index (χ0) is 24.0. The first-order valence-corrected chi connectivity index (χ1v) is 9.80. The second-order valence-corrected chi connectivity index (χ2v) is 7.15. The molecule has 0 aliphatic heterocycles. The molecule has 0 aliphatic rings. The number of amides is 2. The minimum Gasteiger partial charge on any atom is -0.497 e. The number of hydrogen-bond acceptors (Lipinski definition) is 6. The Morgan fingerprint density at radius 3 is 2.24 bits per heavy atom. The van der Waals surface area contributed by atoms with Gasteiger partial charge in [-0.3, -0.25) is 9.59 Å². The van der Waals surface area contributed by atoms with E-state index in [2.05, 4.69) is 15.3 Å². The van der Waals surface area contributed by atoms with Crippen molar-refractivity contribution in [2.24, 2.45) is 0 Å². The highest BCUT2D eigenvalue weighted by Gasteiger charge is 2.41. The van der Waals surface area contributed by atoms with Crippen molar-refractivity contribution in [2.75, 3.05) is 33.1 Å². The fourth-order valence-corrected chi connectivity index (χ4v) is 2.71. The van der Waals surface area contributed by atoms with Crippen molar-refractivity contribution >= 4 is 17.6 Å². The van der Waals surface area contributed by atoms with Crippen LogP contribution in [0.15, 0.2) is 60.9 Å². The van der Waals surface area contributed by atoms with Gasteiger partial charge in [0.05, 0.1) is 12.8 Å². The van der Waals surface area contributed by atoms with Crippen LogP contribution in [0.3, 0.4) is 0 Å². The summed E-state index contributed by atoms with van der Waals surface area (Å²) in [5, 5.41) is 2.13. The van der Waals surface area contributed by atoms with Gasteiger partial charge in [0.2, 0.25) is 0 Å². The van der Waals surface area contributed by atoms with Crippen molar-refractivity contribution in [3.63, 3.8) is 0 Å². The summed E-state index contributed by atoms with van der Waals surface area (Å²) < 4.78 is 39.8. The number of benzene rings is 2. The molecule has 0 atom stereocenters. The number of carbonyl (C=O) groups is 2. The maximum absolute atomic E-state index is 14.7. The number of likely N-dealkylation sites (N-methyl/N-ethyl adjacent to an activating group) is 1. The van der Waals surface area contributed by atoms with E-state index in [1.165, 1.54) is 29.4 Å². The first kappa shape index (κ1) is 23.6. The van der Waals surface area contributed by atoms with Gasteiger partial charge >= 0.3 is 11.8 Å². The number of rotatable bonds is 8. The molecule has 1 aromatic heterocycles. The van der Waals surface area contributed by atoms with Crippen LogP contribution in [0.2, 0.25) is 0 Å². The van der Waals surface area contributed by atoms with Gasteiger partial charge in [-0.05, 0) is 48.5 Å². The molecule has 8 nitrogen and oxygen atoms in total. The number of nitrogens with one attached hydrogen (secondary N) is 1. The Morgan fingerprint density at radius 1 is 1.00 bits per heavy atom. The van der Waals surface area contributed by atoms with Gasteiger partial charge in [-0.1, -0.05) is 0 Å². The van der Waals surface area contributed by atoms with Crippen molar-refractivity contribution < 1.29 is 27.8 Å². The fraction of sp³-hybridized carbons (Fsp3) is 0.217. The van der Waals surface area contributed by atoms with Crippen LogP contribution in [-0.4, -0.2) is 54.5 Å². The number of methoxy groups -OCH3 is 1. The number of alkyl halides is 2. The second kappa shape index (κ2) is 10.0. The molecular weight excluding hydrogens is 434 g/mol. The molecule has 172 valence electrons. The molecule has 0 radical (unpaired) electrons. The van der Waals surface area contributed by atoms with Crippen molar-refractivity contribution in [2.45, 2.75) is 5.92 Å². The van der Waals surface area contributed by atoms with Crippen molar-refractivity contribution in [1.82, 2.24) is 14.9 Å². The third-order valence-corrected chi connectivity index (χ3v) is 4.66. The van der Waals surface area contributed by atoms with Crippen molar-refractivity contribution in [1.29, 1.82) is 0 Å². The summed E-state index contributed by atoms with van der Waals surface area (Å²) in [4.78, 5) is 33.2. The number of aromatic nitrogens is 2. The highest BCUT2D eigenvalue weighted by atomic mass is 19.3. The summed E-state index contributed by atoms with van der Waals surface area (Å²) in [6.07, 6.45) is 1.18. The van der Waals surface area contributed by atoms with Gasteiger partial charge in [0.1, 0.15) is 23.6 Å². The number of hydrogen-bond donors (Lipinski definition) is 1. The number of ether oxygens (including phenoxy) is 2. The summed E-state index contributed by atoms with van der Waals surface area (Å²) in [6, 6.07) is 13.0. The Hall–Kier alpha value is -4.08. The molecule has 1 heterocycles. The van der Waals surface area contributed by atoms with E-state index in [4.69, 9.17) is 9.47 Å². The molecule has 1 N–H and O–H groups in total. The standard InChI is InChI=1S/C23H22F2N4O4/c1-29(2)21(30)13-33-18-10-6-16(7-11-18)23(24,25)22(31)28-20-12-19(26-14-27-20)15-4-8-17(32-3)9-5-15/h4-12,14H,13H2,1-3H3,(H,26,27,28,31). The Kier molecular flexibility index (Phi) is 7.17. The third-order valence-electron chi connectivity index (χ3n) is 4.66. The van der Waals surface area contributed by atoms with Gasteiger partial charge in [0, 0.05) is 31.3 Å². The molecule has 0 fully saturated rings. The molecule has 3 rings (SSSR count). The van der Waals surface area contributed by atoms with Gasteiger partial charge in [0.15, 0.2) is 6.61 Å². The summed E-state index contributed by atoms with van der Waals surface area (Å²) >= 11 is 0. The predicted octanol–water partition coefficient (Wildman–Crippen LogP) is 3.35. The highest BCUT2D eigenvalue weighted by Crippen LogP contribution is 2.31. The molecular formula is C23H22F2N4O4. The lowest BCUT2D eigenvalue weighted by Crippen LogP contribution is -2.32. The maximum atomic E-state index is 14.7. The van der Waals surface area contributed by atoms with E-state index in [1.807, 2.05) is 0 Å².